The molecule has 0 aromatic heterocycles. The number of rotatable bonds is 3. The van der Waals surface area contributed by atoms with E-state index in [0.29, 0.717) is 25.2 Å². The summed E-state index contributed by atoms with van der Waals surface area (Å²) in [5, 5.41) is 0. The summed E-state index contributed by atoms with van der Waals surface area (Å²) in [4.78, 5) is 12.0. The molecule has 1 heterocycles. The molecule has 98 valence electrons. The molecule has 2 fully saturated rings. The number of carbonyl (C=O) groups is 1. The summed E-state index contributed by atoms with van der Waals surface area (Å²) in [7, 11) is 0. The van der Waals surface area contributed by atoms with E-state index < -0.39 is 5.92 Å². The van der Waals surface area contributed by atoms with Gasteiger partial charge in [0.15, 0.2) is 0 Å². The molecule has 0 bridgehead atoms. The van der Waals surface area contributed by atoms with E-state index in [-0.39, 0.29) is 24.5 Å². The van der Waals surface area contributed by atoms with E-state index in [9.17, 15) is 13.6 Å². The first-order chi connectivity index (χ1) is 8.07. The predicted octanol–water partition coefficient (Wildman–Crippen LogP) is 3.91. The number of ketones is 1. The lowest BCUT2D eigenvalue weighted by molar-refractivity contribution is -0.128. The topological polar surface area (TPSA) is 17.1 Å². The van der Waals surface area contributed by atoms with Crippen LogP contribution in [0.2, 0.25) is 0 Å². The van der Waals surface area contributed by atoms with Gasteiger partial charge in [-0.15, -0.1) is 0 Å². The molecule has 0 spiro atoms. The fourth-order valence-corrected chi connectivity index (χ4v) is 3.97. The lowest BCUT2D eigenvalue weighted by Gasteiger charge is -2.29. The second-order valence-electron chi connectivity index (χ2n) is 5.36. The van der Waals surface area contributed by atoms with E-state index in [0.717, 1.165) is 24.3 Å². The smallest absolute Gasteiger partial charge is 0.248 e. The van der Waals surface area contributed by atoms with Crippen LogP contribution in [0.15, 0.2) is 0 Å². The van der Waals surface area contributed by atoms with Gasteiger partial charge in [0.05, 0.1) is 0 Å². The molecule has 1 aliphatic carbocycles. The molecule has 1 aliphatic heterocycles. The molecule has 17 heavy (non-hydrogen) atoms. The van der Waals surface area contributed by atoms with Crippen LogP contribution in [-0.2, 0) is 4.79 Å². The maximum absolute atomic E-state index is 13.0. The minimum atomic E-state index is -2.52. The maximum Gasteiger partial charge on any atom is 0.248 e. The number of hydrogen-bond acceptors (Lipinski definition) is 2. The van der Waals surface area contributed by atoms with Gasteiger partial charge in [-0.1, -0.05) is 0 Å². The fraction of sp³-hybridized carbons (Fsp3) is 0.923. The first-order valence-corrected chi connectivity index (χ1v) is 7.70. The lowest BCUT2D eigenvalue weighted by atomic mass is 9.81. The summed E-state index contributed by atoms with van der Waals surface area (Å²) in [6, 6.07) is 0. The Balaban J connectivity index is 1.76. The Kier molecular flexibility index (Phi) is 4.45. The molecule has 0 radical (unpaired) electrons. The van der Waals surface area contributed by atoms with Crippen molar-refractivity contribution in [2.24, 2.45) is 11.8 Å². The average molecular weight is 262 g/mol. The molecule has 2 aliphatic rings. The van der Waals surface area contributed by atoms with Crippen molar-refractivity contribution in [3.05, 3.63) is 0 Å². The molecule has 0 unspecified atom stereocenters. The maximum atomic E-state index is 13.0. The quantitative estimate of drug-likeness (QED) is 0.767. The number of thioether (sulfide) groups is 1. The van der Waals surface area contributed by atoms with Crippen molar-refractivity contribution in [1.29, 1.82) is 0 Å². The number of alkyl halides is 2. The van der Waals surface area contributed by atoms with Crippen molar-refractivity contribution in [2.45, 2.75) is 50.9 Å². The van der Waals surface area contributed by atoms with Crippen molar-refractivity contribution in [1.82, 2.24) is 0 Å². The number of Topliss-reactive ketones (excluding diaryl/α,β-unsaturated/α-hetero) is 1. The largest absolute Gasteiger partial charge is 0.299 e. The molecule has 0 aromatic carbocycles. The third-order valence-corrected chi connectivity index (χ3v) is 5.05. The minimum absolute atomic E-state index is 0.0794. The second kappa shape index (κ2) is 5.68. The predicted molar refractivity (Wildman–Crippen MR) is 66.6 cm³/mol. The van der Waals surface area contributed by atoms with E-state index in [1.165, 1.54) is 0 Å². The molecule has 1 saturated heterocycles. The first-order valence-electron chi connectivity index (χ1n) is 6.55. The van der Waals surface area contributed by atoms with E-state index >= 15 is 0 Å². The van der Waals surface area contributed by atoms with Crippen molar-refractivity contribution in [2.75, 3.05) is 11.5 Å². The van der Waals surface area contributed by atoms with Crippen molar-refractivity contribution < 1.29 is 13.6 Å². The number of carbonyl (C=O) groups excluding carboxylic acids is 1. The zero-order valence-corrected chi connectivity index (χ0v) is 10.9. The average Bonchev–Trinajstić information content (AvgIpc) is 2.30. The van der Waals surface area contributed by atoms with Crippen LogP contribution in [0.5, 0.6) is 0 Å². The molecule has 2 rings (SSSR count). The van der Waals surface area contributed by atoms with E-state index in [1.54, 1.807) is 0 Å². The van der Waals surface area contributed by atoms with Crippen LogP contribution >= 0.6 is 11.8 Å². The van der Waals surface area contributed by atoms with Gasteiger partial charge in [0.2, 0.25) is 5.92 Å². The number of hydrogen-bond donors (Lipinski definition) is 0. The highest BCUT2D eigenvalue weighted by atomic mass is 32.2. The second-order valence-corrected chi connectivity index (χ2v) is 6.58. The van der Waals surface area contributed by atoms with Crippen LogP contribution in [0.25, 0.3) is 0 Å². The number of halogens is 2. The Morgan fingerprint density at radius 2 is 1.71 bits per heavy atom. The Hall–Kier alpha value is -0.120. The summed E-state index contributed by atoms with van der Waals surface area (Å²) in [5.74, 6) is 0.479. The fourth-order valence-electron chi connectivity index (χ4n) is 2.76. The highest BCUT2D eigenvalue weighted by Gasteiger charge is 2.37. The van der Waals surface area contributed by atoms with Gasteiger partial charge in [0.1, 0.15) is 5.78 Å². The third-order valence-electron chi connectivity index (χ3n) is 4.00. The van der Waals surface area contributed by atoms with Gasteiger partial charge < -0.3 is 0 Å². The minimum Gasteiger partial charge on any atom is -0.299 e. The van der Waals surface area contributed by atoms with Gasteiger partial charge in [-0.25, -0.2) is 8.78 Å². The van der Waals surface area contributed by atoms with E-state index in [1.807, 2.05) is 11.8 Å². The first kappa shape index (κ1) is 13.3. The summed E-state index contributed by atoms with van der Waals surface area (Å²) >= 11 is 1.95. The monoisotopic (exact) mass is 262 g/mol. The van der Waals surface area contributed by atoms with Crippen LogP contribution in [0.1, 0.15) is 44.9 Å². The van der Waals surface area contributed by atoms with E-state index in [2.05, 4.69) is 0 Å². The van der Waals surface area contributed by atoms with Gasteiger partial charge in [-0.3, -0.25) is 4.79 Å². The molecular weight excluding hydrogens is 242 g/mol. The summed E-state index contributed by atoms with van der Waals surface area (Å²) in [6.07, 6.45) is 3.49. The van der Waals surface area contributed by atoms with Crippen LogP contribution in [-0.4, -0.2) is 23.2 Å². The highest BCUT2D eigenvalue weighted by molar-refractivity contribution is 7.99. The zero-order valence-electron chi connectivity index (χ0n) is 10.1. The Bertz CT molecular complexity index is 265. The Labute approximate surface area is 106 Å². The van der Waals surface area contributed by atoms with Gasteiger partial charge in [-0.2, -0.15) is 11.8 Å². The third kappa shape index (κ3) is 3.94. The SMILES string of the molecule is O=C(CC1CCSCC1)C1CCC(F)(F)CC1. The van der Waals surface area contributed by atoms with Crippen molar-refractivity contribution >= 4 is 17.5 Å². The molecular formula is C13H20F2OS. The lowest BCUT2D eigenvalue weighted by Crippen LogP contribution is -2.30. The van der Waals surface area contributed by atoms with Gasteiger partial charge in [0, 0.05) is 25.2 Å². The van der Waals surface area contributed by atoms with Gasteiger partial charge in [0.25, 0.3) is 0 Å². The summed E-state index contributed by atoms with van der Waals surface area (Å²) in [6.45, 7) is 0. The summed E-state index contributed by atoms with van der Waals surface area (Å²) in [5.41, 5.74) is 0. The molecule has 0 N–H and O–H groups in total. The van der Waals surface area contributed by atoms with Gasteiger partial charge in [-0.05, 0) is 43.1 Å². The normalized spacial score (nSPS) is 26.9. The Morgan fingerprint density at radius 1 is 1.12 bits per heavy atom. The molecule has 0 aromatic rings. The van der Waals surface area contributed by atoms with E-state index in [4.69, 9.17) is 0 Å². The van der Waals surface area contributed by atoms with Crippen LogP contribution in [0.3, 0.4) is 0 Å². The zero-order chi connectivity index (χ0) is 12.3. The van der Waals surface area contributed by atoms with Gasteiger partial charge >= 0.3 is 0 Å². The van der Waals surface area contributed by atoms with Crippen molar-refractivity contribution in [3.8, 4) is 0 Å². The van der Waals surface area contributed by atoms with Crippen LogP contribution in [0, 0.1) is 11.8 Å². The molecule has 0 atom stereocenters. The van der Waals surface area contributed by atoms with Crippen LogP contribution in [0.4, 0.5) is 8.78 Å². The van der Waals surface area contributed by atoms with Crippen LogP contribution < -0.4 is 0 Å². The molecule has 0 amide bonds. The molecule has 1 saturated carbocycles. The standard InChI is InChI=1S/C13H20F2OS/c14-13(15)5-1-11(2-6-13)12(16)9-10-3-7-17-8-4-10/h10-11H,1-9H2. The highest BCUT2D eigenvalue weighted by Crippen LogP contribution is 2.37. The molecule has 4 heteroatoms. The Morgan fingerprint density at radius 3 is 2.29 bits per heavy atom. The molecule has 1 nitrogen and oxygen atoms in total. The summed E-state index contributed by atoms with van der Waals surface area (Å²) < 4.78 is 26.0. The van der Waals surface area contributed by atoms with Crippen molar-refractivity contribution in [3.63, 3.8) is 0 Å².